The van der Waals surface area contributed by atoms with Crippen molar-refractivity contribution >= 4 is 0 Å². The molecule has 1 fully saturated rings. The predicted molar refractivity (Wildman–Crippen MR) is 66.8 cm³/mol. The van der Waals surface area contributed by atoms with E-state index in [1.165, 1.54) is 18.4 Å². The van der Waals surface area contributed by atoms with E-state index in [1.807, 2.05) is 13.1 Å². The third-order valence-electron chi connectivity index (χ3n) is 3.48. The van der Waals surface area contributed by atoms with E-state index >= 15 is 0 Å². The van der Waals surface area contributed by atoms with E-state index < -0.39 is 0 Å². The summed E-state index contributed by atoms with van der Waals surface area (Å²) in [4.78, 5) is 0. The van der Waals surface area contributed by atoms with E-state index in [1.54, 1.807) is 0 Å². The van der Waals surface area contributed by atoms with Crippen LogP contribution in [0.4, 0.5) is 0 Å². The van der Waals surface area contributed by atoms with Crippen molar-refractivity contribution in [2.75, 3.05) is 13.7 Å². The van der Waals surface area contributed by atoms with Gasteiger partial charge in [0.05, 0.1) is 6.61 Å². The lowest BCUT2D eigenvalue weighted by Gasteiger charge is -2.14. The van der Waals surface area contributed by atoms with E-state index in [-0.39, 0.29) is 0 Å². The highest BCUT2D eigenvalue weighted by Crippen LogP contribution is 2.45. The number of hydrogen-bond acceptors (Lipinski definition) is 2. The minimum atomic E-state index is 0.375. The Hall–Kier alpha value is -1.02. The zero-order valence-electron chi connectivity index (χ0n) is 10.4. The van der Waals surface area contributed by atoms with Crippen LogP contribution in [0.5, 0.6) is 5.75 Å². The molecule has 1 aromatic rings. The van der Waals surface area contributed by atoms with Crippen molar-refractivity contribution in [2.45, 2.75) is 32.7 Å². The Bertz CT molecular complexity index is 358. The van der Waals surface area contributed by atoms with E-state index in [0.29, 0.717) is 11.5 Å². The molecule has 0 bridgehead atoms. The minimum absolute atomic E-state index is 0.375. The Morgan fingerprint density at radius 2 is 2.19 bits per heavy atom. The third-order valence-corrected chi connectivity index (χ3v) is 3.48. The summed E-state index contributed by atoms with van der Waals surface area (Å²) in [7, 11) is 1.98. The third kappa shape index (κ3) is 2.76. The van der Waals surface area contributed by atoms with Crippen molar-refractivity contribution in [3.63, 3.8) is 0 Å². The lowest BCUT2D eigenvalue weighted by Crippen LogP contribution is -2.13. The summed E-state index contributed by atoms with van der Waals surface area (Å²) in [6.07, 6.45) is 2.61. The van der Waals surface area contributed by atoms with Gasteiger partial charge in [-0.2, -0.15) is 0 Å². The van der Waals surface area contributed by atoms with Crippen LogP contribution < -0.4 is 10.1 Å². The average Bonchev–Trinajstić information content (AvgIpc) is 3.05. The van der Waals surface area contributed by atoms with Crippen LogP contribution in [0, 0.1) is 5.41 Å². The highest BCUT2D eigenvalue weighted by molar-refractivity contribution is 5.30. The molecular formula is C14H21NO. The molecule has 1 aliphatic carbocycles. The quantitative estimate of drug-likeness (QED) is 0.821. The van der Waals surface area contributed by atoms with E-state index in [4.69, 9.17) is 4.74 Å². The summed E-state index contributed by atoms with van der Waals surface area (Å²) < 4.78 is 5.84. The molecule has 1 aliphatic rings. The topological polar surface area (TPSA) is 21.3 Å². The minimum Gasteiger partial charge on any atom is -0.493 e. The van der Waals surface area contributed by atoms with Crippen LogP contribution in [0.2, 0.25) is 0 Å². The van der Waals surface area contributed by atoms with Gasteiger partial charge >= 0.3 is 0 Å². The lowest BCUT2D eigenvalue weighted by atomic mass is 10.1. The SMILES string of the molecule is CN[C@H](C)c1cccc(OCC2(C)CC2)c1. The van der Waals surface area contributed by atoms with Crippen molar-refractivity contribution in [1.82, 2.24) is 5.32 Å². The first kappa shape index (κ1) is 11.5. The number of hydrogen-bond donors (Lipinski definition) is 1. The van der Waals surface area contributed by atoms with Gasteiger partial charge in [-0.25, -0.2) is 0 Å². The number of rotatable bonds is 5. The highest BCUT2D eigenvalue weighted by Gasteiger charge is 2.38. The fraction of sp³-hybridized carbons (Fsp3) is 0.571. The molecule has 1 saturated carbocycles. The van der Waals surface area contributed by atoms with E-state index in [9.17, 15) is 0 Å². The molecule has 0 spiro atoms. The van der Waals surface area contributed by atoms with Gasteiger partial charge in [-0.15, -0.1) is 0 Å². The number of benzene rings is 1. The van der Waals surface area contributed by atoms with Gasteiger partial charge in [0.2, 0.25) is 0 Å². The second-order valence-corrected chi connectivity index (χ2v) is 5.18. The monoisotopic (exact) mass is 219 g/mol. The summed E-state index contributed by atoms with van der Waals surface area (Å²) in [6, 6.07) is 8.74. The molecule has 88 valence electrons. The molecule has 1 atom stereocenters. The fourth-order valence-electron chi connectivity index (χ4n) is 1.66. The van der Waals surface area contributed by atoms with E-state index in [2.05, 4.69) is 37.4 Å². The van der Waals surface area contributed by atoms with Crippen molar-refractivity contribution in [3.8, 4) is 5.75 Å². The van der Waals surface area contributed by atoms with Gasteiger partial charge in [0.1, 0.15) is 5.75 Å². The van der Waals surface area contributed by atoms with Crippen LogP contribution in [0.15, 0.2) is 24.3 Å². The molecule has 0 aromatic heterocycles. The maximum atomic E-state index is 5.84. The second-order valence-electron chi connectivity index (χ2n) is 5.18. The lowest BCUT2D eigenvalue weighted by molar-refractivity contribution is 0.247. The van der Waals surface area contributed by atoms with Gasteiger partial charge in [-0.05, 0) is 44.5 Å². The van der Waals surface area contributed by atoms with Crippen LogP contribution >= 0.6 is 0 Å². The molecule has 1 N–H and O–H groups in total. The average molecular weight is 219 g/mol. The highest BCUT2D eigenvalue weighted by atomic mass is 16.5. The van der Waals surface area contributed by atoms with E-state index in [0.717, 1.165) is 12.4 Å². The molecular weight excluding hydrogens is 198 g/mol. The Morgan fingerprint density at radius 3 is 2.81 bits per heavy atom. The summed E-state index contributed by atoms with van der Waals surface area (Å²) in [6.45, 7) is 5.29. The van der Waals surface area contributed by atoms with Gasteiger partial charge in [0.15, 0.2) is 0 Å². The summed E-state index contributed by atoms with van der Waals surface area (Å²) in [5.74, 6) is 0.993. The summed E-state index contributed by atoms with van der Waals surface area (Å²) in [5, 5.41) is 3.24. The molecule has 0 heterocycles. The molecule has 2 heteroatoms. The predicted octanol–water partition coefficient (Wildman–Crippen LogP) is 3.15. The van der Waals surface area contributed by atoms with Gasteiger partial charge < -0.3 is 10.1 Å². The molecule has 0 aliphatic heterocycles. The molecule has 1 aromatic carbocycles. The van der Waals surface area contributed by atoms with Gasteiger partial charge in [0, 0.05) is 11.5 Å². The molecule has 0 saturated heterocycles. The van der Waals surface area contributed by atoms with Gasteiger partial charge in [0.25, 0.3) is 0 Å². The largest absolute Gasteiger partial charge is 0.493 e. The zero-order chi connectivity index (χ0) is 11.6. The molecule has 0 unspecified atom stereocenters. The van der Waals surface area contributed by atoms with Gasteiger partial charge in [-0.3, -0.25) is 0 Å². The maximum Gasteiger partial charge on any atom is 0.119 e. The Balaban J connectivity index is 1.98. The molecule has 0 radical (unpaired) electrons. The smallest absolute Gasteiger partial charge is 0.119 e. The zero-order valence-corrected chi connectivity index (χ0v) is 10.4. The van der Waals surface area contributed by atoms with Crippen LogP contribution in [0.25, 0.3) is 0 Å². The molecule has 2 nitrogen and oxygen atoms in total. The first-order valence-electron chi connectivity index (χ1n) is 6.03. The van der Waals surface area contributed by atoms with Crippen molar-refractivity contribution in [3.05, 3.63) is 29.8 Å². The van der Waals surface area contributed by atoms with Crippen LogP contribution in [-0.2, 0) is 0 Å². The summed E-state index contributed by atoms with van der Waals surface area (Å²) in [5.41, 5.74) is 1.73. The van der Waals surface area contributed by atoms with Crippen LogP contribution in [0.3, 0.4) is 0 Å². The van der Waals surface area contributed by atoms with Crippen molar-refractivity contribution < 1.29 is 4.74 Å². The fourth-order valence-corrected chi connectivity index (χ4v) is 1.66. The Labute approximate surface area is 98.0 Å². The van der Waals surface area contributed by atoms with Gasteiger partial charge in [-0.1, -0.05) is 19.1 Å². The van der Waals surface area contributed by atoms with Crippen molar-refractivity contribution in [2.24, 2.45) is 5.41 Å². The first-order chi connectivity index (χ1) is 7.63. The Morgan fingerprint density at radius 1 is 1.44 bits per heavy atom. The second kappa shape index (κ2) is 4.46. The molecule has 2 rings (SSSR count). The maximum absolute atomic E-state index is 5.84. The first-order valence-corrected chi connectivity index (χ1v) is 6.03. The molecule has 0 amide bonds. The summed E-state index contributed by atoms with van der Waals surface area (Å²) >= 11 is 0. The Kier molecular flexibility index (Phi) is 3.20. The van der Waals surface area contributed by atoms with Crippen LogP contribution in [-0.4, -0.2) is 13.7 Å². The number of nitrogens with one attached hydrogen (secondary N) is 1. The van der Waals surface area contributed by atoms with Crippen LogP contribution in [0.1, 0.15) is 38.3 Å². The number of ether oxygens (including phenoxy) is 1. The standard InChI is InChI=1S/C14H21NO/c1-11(15-3)12-5-4-6-13(9-12)16-10-14(2)7-8-14/h4-6,9,11,15H,7-8,10H2,1-3H3/t11-/m1/s1. The normalized spacial score (nSPS) is 19.2. The van der Waals surface area contributed by atoms with Crippen molar-refractivity contribution in [1.29, 1.82) is 0 Å². The molecule has 16 heavy (non-hydrogen) atoms.